The number of aromatic nitrogens is 2. The van der Waals surface area contributed by atoms with Crippen LogP contribution in [-0.2, 0) is 11.3 Å². The van der Waals surface area contributed by atoms with Crippen LogP contribution in [0.5, 0.6) is 0 Å². The second-order valence-electron chi connectivity index (χ2n) is 5.06. The number of nitrogens with one attached hydrogen (secondary N) is 1. The van der Waals surface area contributed by atoms with Gasteiger partial charge in [0, 0.05) is 37.0 Å². The zero-order chi connectivity index (χ0) is 12.3. The minimum atomic E-state index is 0. The van der Waals surface area contributed by atoms with Crippen LogP contribution in [0.3, 0.4) is 0 Å². The van der Waals surface area contributed by atoms with Gasteiger partial charge in [-0.2, -0.15) is 5.10 Å². The van der Waals surface area contributed by atoms with Gasteiger partial charge in [-0.05, 0) is 33.6 Å². The highest BCUT2D eigenvalue weighted by Gasteiger charge is 2.15. The second kappa shape index (κ2) is 7.12. The molecule has 0 bridgehead atoms. The fourth-order valence-electron chi connectivity index (χ4n) is 2.33. The first kappa shape index (κ1) is 15.5. The van der Waals surface area contributed by atoms with Crippen molar-refractivity contribution in [3.8, 4) is 0 Å². The molecule has 0 radical (unpaired) electrons. The minimum Gasteiger partial charge on any atom is -0.377 e. The van der Waals surface area contributed by atoms with E-state index in [9.17, 15) is 0 Å². The van der Waals surface area contributed by atoms with Gasteiger partial charge in [-0.15, -0.1) is 12.4 Å². The average Bonchev–Trinajstić information content (AvgIpc) is 2.89. The van der Waals surface area contributed by atoms with Crippen molar-refractivity contribution in [2.45, 2.75) is 52.3 Å². The van der Waals surface area contributed by atoms with Gasteiger partial charge in [-0.25, -0.2) is 0 Å². The van der Waals surface area contributed by atoms with Gasteiger partial charge in [-0.3, -0.25) is 4.68 Å². The summed E-state index contributed by atoms with van der Waals surface area (Å²) < 4.78 is 7.65. The lowest BCUT2D eigenvalue weighted by Crippen LogP contribution is -2.26. The van der Waals surface area contributed by atoms with Crippen LogP contribution in [0.15, 0.2) is 6.20 Å². The van der Waals surface area contributed by atoms with Crippen molar-refractivity contribution in [3.05, 3.63) is 17.5 Å². The Labute approximate surface area is 115 Å². The van der Waals surface area contributed by atoms with E-state index >= 15 is 0 Å². The summed E-state index contributed by atoms with van der Waals surface area (Å²) in [5.41, 5.74) is 2.55. The highest BCUT2D eigenvalue weighted by atomic mass is 35.5. The van der Waals surface area contributed by atoms with Crippen molar-refractivity contribution >= 4 is 12.4 Å². The number of nitrogens with zero attached hydrogens (tertiary/aromatic N) is 2. The van der Waals surface area contributed by atoms with Gasteiger partial charge in [0.2, 0.25) is 0 Å². The zero-order valence-electron chi connectivity index (χ0n) is 11.5. The smallest absolute Gasteiger partial charge is 0.0700 e. The molecule has 0 spiro atoms. The molecular formula is C13H24ClN3O. The SMILES string of the molecule is Cc1c(CNCC2CCCO2)cnn1C(C)C.Cl. The van der Waals surface area contributed by atoms with Crippen LogP contribution in [0.25, 0.3) is 0 Å². The van der Waals surface area contributed by atoms with E-state index in [0.29, 0.717) is 12.1 Å². The number of ether oxygens (including phenoxy) is 1. The van der Waals surface area contributed by atoms with Crippen molar-refractivity contribution in [3.63, 3.8) is 0 Å². The molecule has 1 fully saturated rings. The molecule has 2 heterocycles. The molecule has 1 atom stereocenters. The van der Waals surface area contributed by atoms with Crippen LogP contribution < -0.4 is 5.32 Å². The standard InChI is InChI=1S/C13H23N3O.ClH/c1-10(2)16-11(3)12(8-15-16)7-14-9-13-5-4-6-17-13;/h8,10,13-14H,4-7,9H2,1-3H3;1H. The van der Waals surface area contributed by atoms with Gasteiger partial charge in [0.15, 0.2) is 0 Å². The Bertz CT molecular complexity index is 359. The second-order valence-corrected chi connectivity index (χ2v) is 5.06. The predicted molar refractivity (Wildman–Crippen MR) is 75.3 cm³/mol. The summed E-state index contributed by atoms with van der Waals surface area (Å²) >= 11 is 0. The van der Waals surface area contributed by atoms with E-state index in [1.165, 1.54) is 24.1 Å². The summed E-state index contributed by atoms with van der Waals surface area (Å²) in [5, 5.41) is 7.87. The lowest BCUT2D eigenvalue weighted by atomic mass is 10.2. The molecular weight excluding hydrogens is 250 g/mol. The van der Waals surface area contributed by atoms with E-state index in [4.69, 9.17) is 4.74 Å². The topological polar surface area (TPSA) is 39.1 Å². The third kappa shape index (κ3) is 3.70. The number of rotatable bonds is 5. The molecule has 1 aromatic heterocycles. The molecule has 1 saturated heterocycles. The van der Waals surface area contributed by atoms with E-state index in [1.54, 1.807) is 0 Å². The van der Waals surface area contributed by atoms with Crippen molar-refractivity contribution < 1.29 is 4.74 Å². The largest absolute Gasteiger partial charge is 0.377 e. The molecule has 4 nitrogen and oxygen atoms in total. The normalized spacial score (nSPS) is 19.2. The van der Waals surface area contributed by atoms with Crippen LogP contribution in [0.4, 0.5) is 0 Å². The molecule has 1 aromatic rings. The number of hydrogen-bond acceptors (Lipinski definition) is 3. The molecule has 0 saturated carbocycles. The van der Waals surface area contributed by atoms with Gasteiger partial charge in [0.1, 0.15) is 0 Å². The third-order valence-electron chi connectivity index (χ3n) is 3.35. The molecule has 104 valence electrons. The monoisotopic (exact) mass is 273 g/mol. The van der Waals surface area contributed by atoms with Crippen LogP contribution in [0.1, 0.15) is 44.0 Å². The van der Waals surface area contributed by atoms with E-state index in [-0.39, 0.29) is 12.4 Å². The van der Waals surface area contributed by atoms with Crippen LogP contribution in [0.2, 0.25) is 0 Å². The Morgan fingerprint density at radius 2 is 2.33 bits per heavy atom. The fraction of sp³-hybridized carbons (Fsp3) is 0.769. The van der Waals surface area contributed by atoms with Gasteiger partial charge < -0.3 is 10.1 Å². The van der Waals surface area contributed by atoms with Crippen LogP contribution in [0, 0.1) is 6.92 Å². The maximum absolute atomic E-state index is 5.58. The van der Waals surface area contributed by atoms with E-state index in [2.05, 4.69) is 35.9 Å². The first-order valence-electron chi connectivity index (χ1n) is 6.53. The first-order chi connectivity index (χ1) is 8.18. The molecule has 1 N–H and O–H groups in total. The summed E-state index contributed by atoms with van der Waals surface area (Å²) in [4.78, 5) is 0. The quantitative estimate of drug-likeness (QED) is 0.896. The van der Waals surface area contributed by atoms with Crippen molar-refractivity contribution in [1.29, 1.82) is 0 Å². The highest BCUT2D eigenvalue weighted by molar-refractivity contribution is 5.85. The maximum Gasteiger partial charge on any atom is 0.0700 e. The summed E-state index contributed by atoms with van der Waals surface area (Å²) in [6, 6.07) is 0.432. The number of hydrogen-bond donors (Lipinski definition) is 1. The van der Waals surface area contributed by atoms with Gasteiger partial charge in [-0.1, -0.05) is 0 Å². The van der Waals surface area contributed by atoms with Crippen LogP contribution in [-0.4, -0.2) is 29.0 Å². The summed E-state index contributed by atoms with van der Waals surface area (Å²) in [6.07, 6.45) is 4.78. The molecule has 0 amide bonds. The fourth-order valence-corrected chi connectivity index (χ4v) is 2.33. The Balaban J connectivity index is 0.00000162. The van der Waals surface area contributed by atoms with Crippen molar-refractivity contribution in [2.24, 2.45) is 0 Å². The molecule has 0 aliphatic carbocycles. The molecule has 0 aromatic carbocycles. The highest BCUT2D eigenvalue weighted by Crippen LogP contribution is 2.13. The van der Waals surface area contributed by atoms with Gasteiger partial charge in [0.05, 0.1) is 12.3 Å². The zero-order valence-corrected chi connectivity index (χ0v) is 12.3. The van der Waals surface area contributed by atoms with E-state index in [0.717, 1.165) is 19.7 Å². The van der Waals surface area contributed by atoms with E-state index < -0.39 is 0 Å². The molecule has 18 heavy (non-hydrogen) atoms. The Kier molecular flexibility index (Phi) is 6.12. The Hall–Kier alpha value is -0.580. The minimum absolute atomic E-state index is 0. The van der Waals surface area contributed by atoms with E-state index in [1.807, 2.05) is 6.20 Å². The predicted octanol–water partition coefficient (Wildman–Crippen LogP) is 2.46. The van der Waals surface area contributed by atoms with Crippen LogP contribution >= 0.6 is 12.4 Å². The van der Waals surface area contributed by atoms with Crippen molar-refractivity contribution in [2.75, 3.05) is 13.2 Å². The third-order valence-corrected chi connectivity index (χ3v) is 3.35. The van der Waals surface area contributed by atoms with Gasteiger partial charge >= 0.3 is 0 Å². The van der Waals surface area contributed by atoms with Gasteiger partial charge in [0.25, 0.3) is 0 Å². The summed E-state index contributed by atoms with van der Waals surface area (Å²) in [5.74, 6) is 0. The lowest BCUT2D eigenvalue weighted by molar-refractivity contribution is 0.110. The first-order valence-corrected chi connectivity index (χ1v) is 6.53. The molecule has 1 aliphatic rings. The molecule has 1 aliphatic heterocycles. The Morgan fingerprint density at radius 3 is 2.89 bits per heavy atom. The molecule has 1 unspecified atom stereocenters. The molecule has 2 rings (SSSR count). The molecule has 5 heteroatoms. The number of halogens is 1. The van der Waals surface area contributed by atoms with Crippen molar-refractivity contribution in [1.82, 2.24) is 15.1 Å². The average molecular weight is 274 g/mol. The summed E-state index contributed by atoms with van der Waals surface area (Å²) in [6.45, 7) is 9.21. The lowest BCUT2D eigenvalue weighted by Gasteiger charge is -2.11. The Morgan fingerprint density at radius 1 is 1.56 bits per heavy atom. The summed E-state index contributed by atoms with van der Waals surface area (Å²) in [7, 11) is 0. The maximum atomic E-state index is 5.58.